The predicted octanol–water partition coefficient (Wildman–Crippen LogP) is 2.81. The molecule has 0 spiro atoms. The third-order valence-corrected chi connectivity index (χ3v) is 2.58. The molecule has 1 aliphatic heterocycles. The van der Waals surface area contributed by atoms with E-state index in [9.17, 15) is 4.79 Å². The zero-order chi connectivity index (χ0) is 12.3. The Kier molecular flexibility index (Phi) is 3.04. The molecule has 1 unspecified atom stereocenters. The van der Waals surface area contributed by atoms with Crippen LogP contribution in [0.15, 0.2) is 52.3 Å². The van der Waals surface area contributed by atoms with Gasteiger partial charge < -0.3 is 4.74 Å². The predicted molar refractivity (Wildman–Crippen MR) is 63.4 cm³/mol. The summed E-state index contributed by atoms with van der Waals surface area (Å²) in [4.78, 5) is 12.1. The Morgan fingerprint density at radius 1 is 1.35 bits per heavy atom. The molecule has 1 atom stereocenters. The third-order valence-electron chi connectivity index (χ3n) is 2.58. The molecule has 0 saturated heterocycles. The van der Waals surface area contributed by atoms with Gasteiger partial charge in [0.15, 0.2) is 0 Å². The van der Waals surface area contributed by atoms with E-state index in [1.807, 2.05) is 37.3 Å². The SMILES string of the molecule is CCOC(=O)C1(c2ccccc2)C=C(C)N=N1. The second kappa shape index (κ2) is 4.49. The summed E-state index contributed by atoms with van der Waals surface area (Å²) in [6.07, 6.45) is 1.74. The lowest BCUT2D eigenvalue weighted by Gasteiger charge is -2.20. The van der Waals surface area contributed by atoms with Crippen LogP contribution in [-0.4, -0.2) is 12.6 Å². The summed E-state index contributed by atoms with van der Waals surface area (Å²) >= 11 is 0. The highest BCUT2D eigenvalue weighted by Crippen LogP contribution is 2.35. The Morgan fingerprint density at radius 3 is 2.59 bits per heavy atom. The molecule has 0 amide bonds. The molecule has 4 heteroatoms. The number of carbonyl (C=O) groups is 1. The van der Waals surface area contributed by atoms with E-state index in [-0.39, 0.29) is 5.97 Å². The fourth-order valence-corrected chi connectivity index (χ4v) is 1.81. The summed E-state index contributed by atoms with van der Waals surface area (Å²) in [6.45, 7) is 3.92. The number of carbonyl (C=O) groups excluding carboxylic acids is 1. The molecule has 0 aliphatic carbocycles. The van der Waals surface area contributed by atoms with Crippen molar-refractivity contribution in [2.75, 3.05) is 6.61 Å². The van der Waals surface area contributed by atoms with Gasteiger partial charge in [-0.15, -0.1) is 0 Å². The van der Waals surface area contributed by atoms with Crippen molar-refractivity contribution >= 4 is 5.97 Å². The minimum atomic E-state index is -1.10. The molecular formula is C13H14N2O2. The molecule has 17 heavy (non-hydrogen) atoms. The first-order valence-corrected chi connectivity index (χ1v) is 5.54. The molecule has 88 valence electrons. The lowest BCUT2D eigenvalue weighted by molar-refractivity contribution is -0.148. The van der Waals surface area contributed by atoms with E-state index in [4.69, 9.17) is 4.74 Å². The third kappa shape index (κ3) is 1.98. The molecule has 0 fully saturated rings. The molecule has 1 heterocycles. The number of nitrogens with zero attached hydrogens (tertiary/aromatic N) is 2. The van der Waals surface area contributed by atoms with Crippen molar-refractivity contribution in [3.05, 3.63) is 47.7 Å². The van der Waals surface area contributed by atoms with Crippen molar-refractivity contribution in [3.8, 4) is 0 Å². The molecule has 1 aromatic carbocycles. The van der Waals surface area contributed by atoms with E-state index in [0.717, 1.165) is 11.3 Å². The number of benzene rings is 1. The summed E-state index contributed by atoms with van der Waals surface area (Å²) in [5, 5.41) is 8.05. The van der Waals surface area contributed by atoms with E-state index >= 15 is 0 Å². The average molecular weight is 230 g/mol. The summed E-state index contributed by atoms with van der Waals surface area (Å²) < 4.78 is 5.09. The van der Waals surface area contributed by atoms with Crippen LogP contribution in [0.4, 0.5) is 0 Å². The Hall–Kier alpha value is -1.97. The summed E-state index contributed by atoms with van der Waals surface area (Å²) in [6, 6.07) is 9.34. The van der Waals surface area contributed by atoms with Gasteiger partial charge in [0, 0.05) is 0 Å². The van der Waals surface area contributed by atoms with Crippen molar-refractivity contribution in [2.24, 2.45) is 10.2 Å². The van der Waals surface area contributed by atoms with Crippen LogP contribution in [0.3, 0.4) is 0 Å². The van der Waals surface area contributed by atoms with Crippen LogP contribution in [0, 0.1) is 0 Å². The molecule has 0 saturated carbocycles. The van der Waals surface area contributed by atoms with E-state index in [2.05, 4.69) is 10.2 Å². The van der Waals surface area contributed by atoms with Gasteiger partial charge in [0.2, 0.25) is 5.54 Å². The first kappa shape index (κ1) is 11.5. The van der Waals surface area contributed by atoms with Crippen LogP contribution in [0.2, 0.25) is 0 Å². The van der Waals surface area contributed by atoms with Gasteiger partial charge in [0.25, 0.3) is 0 Å². The lowest BCUT2D eigenvalue weighted by atomic mass is 9.90. The lowest BCUT2D eigenvalue weighted by Crippen LogP contribution is -2.32. The highest BCUT2D eigenvalue weighted by molar-refractivity contribution is 5.86. The minimum Gasteiger partial charge on any atom is -0.464 e. The Bertz CT molecular complexity index is 479. The van der Waals surface area contributed by atoms with Crippen molar-refractivity contribution in [1.29, 1.82) is 0 Å². The topological polar surface area (TPSA) is 51.0 Å². The maximum absolute atomic E-state index is 12.1. The number of azo groups is 1. The van der Waals surface area contributed by atoms with Crippen LogP contribution in [-0.2, 0) is 15.1 Å². The van der Waals surface area contributed by atoms with Crippen LogP contribution in [0.25, 0.3) is 0 Å². The molecule has 4 nitrogen and oxygen atoms in total. The van der Waals surface area contributed by atoms with Crippen molar-refractivity contribution in [3.63, 3.8) is 0 Å². The van der Waals surface area contributed by atoms with Crippen molar-refractivity contribution in [1.82, 2.24) is 0 Å². The van der Waals surface area contributed by atoms with Gasteiger partial charge in [-0.1, -0.05) is 30.3 Å². The smallest absolute Gasteiger partial charge is 0.344 e. The number of esters is 1. The number of rotatable bonds is 3. The largest absolute Gasteiger partial charge is 0.464 e. The molecule has 0 bridgehead atoms. The van der Waals surface area contributed by atoms with Crippen molar-refractivity contribution in [2.45, 2.75) is 19.4 Å². The number of hydrogen-bond donors (Lipinski definition) is 0. The van der Waals surface area contributed by atoms with Crippen LogP contribution < -0.4 is 0 Å². The highest BCUT2D eigenvalue weighted by atomic mass is 16.5. The monoisotopic (exact) mass is 230 g/mol. The molecule has 0 aromatic heterocycles. The Morgan fingerprint density at radius 2 is 2.06 bits per heavy atom. The molecular weight excluding hydrogens is 216 g/mol. The van der Waals surface area contributed by atoms with Gasteiger partial charge in [0.1, 0.15) is 0 Å². The van der Waals surface area contributed by atoms with Crippen molar-refractivity contribution < 1.29 is 9.53 Å². The van der Waals surface area contributed by atoms with Gasteiger partial charge in [-0.05, 0) is 25.5 Å². The van der Waals surface area contributed by atoms with Gasteiger partial charge in [-0.2, -0.15) is 10.2 Å². The van der Waals surface area contributed by atoms with Gasteiger partial charge in [-0.25, -0.2) is 4.79 Å². The molecule has 1 aliphatic rings. The number of ether oxygens (including phenoxy) is 1. The fourth-order valence-electron chi connectivity index (χ4n) is 1.81. The minimum absolute atomic E-state index is 0.329. The first-order chi connectivity index (χ1) is 8.19. The van der Waals surface area contributed by atoms with Crippen LogP contribution in [0.1, 0.15) is 19.4 Å². The Balaban J connectivity index is 2.47. The molecule has 2 rings (SSSR count). The molecule has 0 radical (unpaired) electrons. The Labute approximate surface area is 100 Å². The zero-order valence-corrected chi connectivity index (χ0v) is 9.88. The van der Waals surface area contributed by atoms with E-state index < -0.39 is 5.54 Å². The standard InChI is InChI=1S/C13H14N2O2/c1-3-17-12(16)13(9-10(2)14-15-13)11-7-5-4-6-8-11/h4-9H,3H2,1-2H3. The summed E-state index contributed by atoms with van der Waals surface area (Å²) in [7, 11) is 0. The second-order valence-corrected chi connectivity index (χ2v) is 3.84. The van der Waals surface area contributed by atoms with Gasteiger partial charge >= 0.3 is 5.97 Å². The number of allylic oxidation sites excluding steroid dienone is 1. The molecule has 0 N–H and O–H groups in total. The van der Waals surface area contributed by atoms with Gasteiger partial charge in [0.05, 0.1) is 12.3 Å². The maximum Gasteiger partial charge on any atom is 0.344 e. The quantitative estimate of drug-likeness (QED) is 0.750. The fraction of sp³-hybridized carbons (Fsp3) is 0.308. The molecule has 1 aromatic rings. The summed E-state index contributed by atoms with van der Waals surface area (Å²) in [5.74, 6) is -0.383. The number of hydrogen-bond acceptors (Lipinski definition) is 4. The average Bonchev–Trinajstić information content (AvgIpc) is 2.74. The first-order valence-electron chi connectivity index (χ1n) is 5.54. The van der Waals surface area contributed by atoms with E-state index in [1.54, 1.807) is 13.0 Å². The maximum atomic E-state index is 12.1. The second-order valence-electron chi connectivity index (χ2n) is 3.84. The summed E-state index contributed by atoms with van der Waals surface area (Å²) in [5.41, 5.74) is 0.405. The van der Waals surface area contributed by atoms with Gasteiger partial charge in [-0.3, -0.25) is 0 Å². The van der Waals surface area contributed by atoms with E-state index in [0.29, 0.717) is 6.61 Å². The van der Waals surface area contributed by atoms with E-state index in [1.165, 1.54) is 0 Å². The zero-order valence-electron chi connectivity index (χ0n) is 9.88. The van der Waals surface area contributed by atoms with Crippen LogP contribution >= 0.6 is 0 Å². The van der Waals surface area contributed by atoms with Crippen LogP contribution in [0.5, 0.6) is 0 Å². The normalized spacial score (nSPS) is 22.4. The highest BCUT2D eigenvalue weighted by Gasteiger charge is 2.43.